The maximum atomic E-state index is 13.5. The van der Waals surface area contributed by atoms with E-state index < -0.39 is 12.1 Å². The van der Waals surface area contributed by atoms with Crippen molar-refractivity contribution in [1.82, 2.24) is 10.2 Å². The number of carboxylic acids is 1. The van der Waals surface area contributed by atoms with Crippen LogP contribution in [-0.4, -0.2) is 67.6 Å². The second-order valence-electron chi connectivity index (χ2n) is 9.91. The molecule has 3 atom stereocenters. The van der Waals surface area contributed by atoms with E-state index in [9.17, 15) is 22.4 Å². The molecule has 4 rings (SSSR count). The number of hydrogen-bond donors (Lipinski definition) is 3. The van der Waals surface area contributed by atoms with Gasteiger partial charge in [-0.1, -0.05) is 19.1 Å². The summed E-state index contributed by atoms with van der Waals surface area (Å²) in [6, 6.07) is 12.4. The number of methoxy groups -OCH3 is 2. The Morgan fingerprint density at radius 2 is 1.80 bits per heavy atom. The van der Waals surface area contributed by atoms with Crippen molar-refractivity contribution in [1.29, 1.82) is 0 Å². The molecule has 1 saturated carbocycles. The first-order valence-electron chi connectivity index (χ1n) is 13.0. The summed E-state index contributed by atoms with van der Waals surface area (Å²) in [7, 11) is 3.33. The largest absolute Gasteiger partial charge is 0.493 e. The minimum absolute atomic E-state index is 0.0337. The smallest absolute Gasteiger partial charge is 0.490 e. The van der Waals surface area contributed by atoms with E-state index in [4.69, 9.17) is 19.4 Å². The van der Waals surface area contributed by atoms with Crippen LogP contribution >= 0.6 is 0 Å². The molecule has 0 unspecified atom stereocenters. The van der Waals surface area contributed by atoms with E-state index in [-0.39, 0.29) is 23.3 Å². The van der Waals surface area contributed by atoms with Gasteiger partial charge in [-0.3, -0.25) is 4.90 Å². The normalized spacial score (nSPS) is 22.4. The lowest BCUT2D eigenvalue weighted by Gasteiger charge is -2.45. The number of urea groups is 1. The Labute approximate surface area is 230 Å². The maximum absolute atomic E-state index is 13.5. The fraction of sp³-hybridized carbons (Fsp3) is 0.500. The average molecular weight is 570 g/mol. The quantitative estimate of drug-likeness (QED) is 0.377. The molecule has 8 nitrogen and oxygen atoms in total. The molecule has 12 heteroatoms. The third kappa shape index (κ3) is 7.35. The molecule has 2 aromatic carbocycles. The molecule has 2 fully saturated rings. The third-order valence-electron chi connectivity index (χ3n) is 7.50. The molecular formula is C28H35F4N3O5. The SMILES string of the molecule is CCCN1CC[C@]2(c3ccc(OC)c(OC)c3)CC[C@@H](NC(=O)Nc3cccc(F)c3)C[C@H]12.O=C(O)C(F)(F)F. The van der Waals surface area contributed by atoms with Crippen LogP contribution in [0.1, 0.15) is 44.6 Å². The summed E-state index contributed by atoms with van der Waals surface area (Å²) >= 11 is 0. The Hall–Kier alpha value is -3.54. The van der Waals surface area contributed by atoms with Gasteiger partial charge in [0.15, 0.2) is 11.5 Å². The highest BCUT2D eigenvalue weighted by Gasteiger charge is 2.51. The first-order valence-corrected chi connectivity index (χ1v) is 13.0. The van der Waals surface area contributed by atoms with Crippen molar-refractivity contribution in [3.05, 3.63) is 53.8 Å². The number of hydrogen-bond acceptors (Lipinski definition) is 5. The second-order valence-corrected chi connectivity index (χ2v) is 9.91. The summed E-state index contributed by atoms with van der Waals surface area (Å²) < 4.78 is 56.2. The van der Waals surface area contributed by atoms with Crippen molar-refractivity contribution in [2.24, 2.45) is 0 Å². The summed E-state index contributed by atoms with van der Waals surface area (Å²) in [5, 5.41) is 13.0. The summed E-state index contributed by atoms with van der Waals surface area (Å²) in [6.45, 7) is 4.30. The van der Waals surface area contributed by atoms with Crippen molar-refractivity contribution < 1.29 is 41.7 Å². The highest BCUT2D eigenvalue weighted by atomic mass is 19.4. The number of carboxylic acid groups (broad SMARTS) is 1. The monoisotopic (exact) mass is 569 g/mol. The number of ether oxygens (including phenoxy) is 2. The summed E-state index contributed by atoms with van der Waals surface area (Å²) in [4.78, 5) is 24.1. The van der Waals surface area contributed by atoms with Crippen LogP contribution in [0.5, 0.6) is 11.5 Å². The number of carbonyl (C=O) groups is 2. The molecule has 1 saturated heterocycles. The molecule has 2 amide bonds. The van der Waals surface area contributed by atoms with Gasteiger partial charge in [0, 0.05) is 23.2 Å². The van der Waals surface area contributed by atoms with Gasteiger partial charge < -0.3 is 25.2 Å². The van der Waals surface area contributed by atoms with Crippen LogP contribution in [0.15, 0.2) is 42.5 Å². The zero-order valence-corrected chi connectivity index (χ0v) is 22.7. The molecule has 0 spiro atoms. The number of carbonyl (C=O) groups excluding carboxylic acids is 1. The number of nitrogens with zero attached hydrogens (tertiary/aromatic N) is 1. The summed E-state index contributed by atoms with van der Waals surface area (Å²) in [5.74, 6) is -1.63. The van der Waals surface area contributed by atoms with Gasteiger partial charge in [-0.2, -0.15) is 13.2 Å². The van der Waals surface area contributed by atoms with E-state index in [1.54, 1.807) is 26.4 Å². The van der Waals surface area contributed by atoms with Crippen LogP contribution in [0, 0.1) is 5.82 Å². The minimum atomic E-state index is -5.08. The van der Waals surface area contributed by atoms with Gasteiger partial charge in [0.05, 0.1) is 14.2 Å². The van der Waals surface area contributed by atoms with E-state index in [0.29, 0.717) is 11.7 Å². The molecule has 0 bridgehead atoms. The van der Waals surface area contributed by atoms with Crippen molar-refractivity contribution in [3.8, 4) is 11.5 Å². The Bertz CT molecular complexity index is 1180. The lowest BCUT2D eigenvalue weighted by atomic mass is 9.65. The summed E-state index contributed by atoms with van der Waals surface area (Å²) in [5.41, 5.74) is 1.77. The number of likely N-dealkylation sites (tertiary alicyclic amines) is 1. The first-order chi connectivity index (χ1) is 18.9. The van der Waals surface area contributed by atoms with E-state index >= 15 is 0 Å². The number of halogens is 4. The molecule has 2 aliphatic rings. The minimum Gasteiger partial charge on any atom is -0.493 e. The van der Waals surface area contributed by atoms with Crippen molar-refractivity contribution in [2.75, 3.05) is 32.6 Å². The van der Waals surface area contributed by atoms with Crippen molar-refractivity contribution in [2.45, 2.75) is 62.7 Å². The number of anilines is 1. The molecule has 0 radical (unpaired) electrons. The fourth-order valence-electron chi connectivity index (χ4n) is 5.73. The molecular weight excluding hydrogens is 534 g/mol. The third-order valence-corrected chi connectivity index (χ3v) is 7.50. The molecule has 2 aromatic rings. The Morgan fingerprint density at radius 3 is 2.40 bits per heavy atom. The number of nitrogens with one attached hydrogen (secondary N) is 2. The van der Waals surface area contributed by atoms with Crippen LogP contribution in [0.2, 0.25) is 0 Å². The van der Waals surface area contributed by atoms with E-state index in [1.807, 2.05) is 6.07 Å². The van der Waals surface area contributed by atoms with Gasteiger partial charge in [-0.25, -0.2) is 14.0 Å². The Balaban J connectivity index is 0.000000559. The molecule has 220 valence electrons. The predicted octanol–water partition coefficient (Wildman–Crippen LogP) is 5.57. The molecule has 1 aliphatic carbocycles. The topological polar surface area (TPSA) is 100 Å². The highest BCUT2D eigenvalue weighted by Crippen LogP contribution is 2.50. The molecule has 0 aromatic heterocycles. The van der Waals surface area contributed by atoms with Gasteiger partial charge in [0.1, 0.15) is 5.82 Å². The van der Waals surface area contributed by atoms with Crippen molar-refractivity contribution >= 4 is 17.7 Å². The zero-order chi connectivity index (χ0) is 29.5. The van der Waals surface area contributed by atoms with Gasteiger partial charge in [-0.05, 0) is 81.1 Å². The van der Waals surface area contributed by atoms with E-state index in [1.165, 1.54) is 17.7 Å². The molecule has 1 aliphatic heterocycles. The molecule has 1 heterocycles. The van der Waals surface area contributed by atoms with Crippen LogP contribution in [-0.2, 0) is 10.2 Å². The van der Waals surface area contributed by atoms with E-state index in [2.05, 4.69) is 34.6 Å². The van der Waals surface area contributed by atoms with Gasteiger partial charge >= 0.3 is 18.2 Å². The Morgan fingerprint density at radius 1 is 1.10 bits per heavy atom. The van der Waals surface area contributed by atoms with Crippen molar-refractivity contribution in [3.63, 3.8) is 0 Å². The summed E-state index contributed by atoms with van der Waals surface area (Å²) in [6.07, 6.45) is -0.142. The first kappa shape index (κ1) is 31.0. The van der Waals surface area contributed by atoms with Crippen LogP contribution in [0.25, 0.3) is 0 Å². The zero-order valence-electron chi connectivity index (χ0n) is 22.7. The second kappa shape index (κ2) is 13.2. The van der Waals surface area contributed by atoms with Gasteiger partial charge in [0.2, 0.25) is 0 Å². The number of rotatable bonds is 7. The molecule has 40 heavy (non-hydrogen) atoms. The number of alkyl halides is 3. The highest BCUT2D eigenvalue weighted by molar-refractivity contribution is 5.89. The Kier molecular flexibility index (Phi) is 10.2. The number of aliphatic carboxylic acids is 1. The van der Waals surface area contributed by atoms with Crippen LogP contribution in [0.4, 0.5) is 28.0 Å². The van der Waals surface area contributed by atoms with Crippen LogP contribution in [0.3, 0.4) is 0 Å². The number of benzene rings is 2. The van der Waals surface area contributed by atoms with E-state index in [0.717, 1.165) is 56.7 Å². The number of amides is 2. The van der Waals surface area contributed by atoms with Gasteiger partial charge in [-0.15, -0.1) is 0 Å². The predicted molar refractivity (Wildman–Crippen MR) is 141 cm³/mol. The number of fused-ring (bicyclic) bond motifs is 1. The van der Waals surface area contributed by atoms with Gasteiger partial charge in [0.25, 0.3) is 0 Å². The average Bonchev–Trinajstić information content (AvgIpc) is 3.27. The standard InChI is InChI=1S/C26H34FN3O3.C2HF3O2/c1-4-13-30-14-12-26(18-8-9-22(32-2)23(15-18)33-3)11-10-21(17-24(26)30)29-25(31)28-20-7-5-6-19(27)16-20;3-2(4,5)1(6)7/h5-9,15-16,21,24H,4,10-14,17H2,1-3H3,(H2,28,29,31);(H,6,7)/t21-,24+,26+;/m1./s1. The lowest BCUT2D eigenvalue weighted by molar-refractivity contribution is -0.192. The maximum Gasteiger partial charge on any atom is 0.490 e. The molecule has 3 N–H and O–H groups in total. The lowest BCUT2D eigenvalue weighted by Crippen LogP contribution is -2.53. The fourth-order valence-corrected chi connectivity index (χ4v) is 5.73. The van der Waals surface area contributed by atoms with Crippen LogP contribution < -0.4 is 20.1 Å².